The minimum absolute atomic E-state index is 0.0228. The Morgan fingerprint density at radius 1 is 0.341 bits per heavy atom. The Morgan fingerprint density at radius 2 is 0.622 bits per heavy atom. The molecule has 19 nitrogen and oxygen atoms in total. The van der Waals surface area contributed by atoms with Crippen molar-refractivity contribution in [3.8, 4) is 34.5 Å². The number of hydrogen-bond acceptors (Lipinski definition) is 16. The molecule has 0 aliphatic carbocycles. The molecule has 686 valence electrons. The first kappa shape index (κ1) is 93.8. The molecular weight excluding hydrogens is 1750 g/mol. The number of amides is 4. The molecule has 2 unspecified atom stereocenters. The predicted molar refractivity (Wildman–Crippen MR) is 525 cm³/mol. The number of imide groups is 1. The Balaban J connectivity index is 0.000000147. The highest BCUT2D eigenvalue weighted by Gasteiger charge is 2.49. The molecule has 135 heavy (non-hydrogen) atoms. The van der Waals surface area contributed by atoms with Gasteiger partial charge in [-0.25, -0.2) is 13.2 Å². The summed E-state index contributed by atoms with van der Waals surface area (Å²) in [4.78, 5) is 88.2. The monoisotopic (exact) mass is 1860 g/mol. The van der Waals surface area contributed by atoms with E-state index in [1.54, 1.807) is 61.1 Å². The molecule has 0 bridgehead atoms. The fraction of sp³-hybridized carbons (Fsp3) is 0.218. The van der Waals surface area contributed by atoms with Crippen molar-refractivity contribution in [2.45, 2.75) is 134 Å². The standard InChI is InChI=1S/C38H37FN2O5Si.C36H35FN2O4Si.C36H33FN2O4Si/c1-25(42)45-38-32-31(37(43)41(38)24-26-17-19-29(39)20-18-26)36(33-30(16-11-21-40-33)35(32)44-22-23-47(2,3)4)46-34(27-12-7-5-8-13-27)28-14-9-6-10-15-28;2*1-44(2,3)22-21-42-33-28-15-10-20-38-31(28)34(43-32(25-11-6-4-7-12-25)26-13-8-5-9-14-26)30-29(33)35(40)39(36(30)41)23-24-16-18-27(37)19-17-24/h5-21,34,38H,22-24H2,1-4H3;4-20,32,35,40H,21-23H2,1-3H3;4-20,32H,21-23H2,1-3H3. The third-order valence-corrected chi connectivity index (χ3v) is 28.7. The molecule has 1 N–H and O–H groups in total. The van der Waals surface area contributed by atoms with Crippen molar-refractivity contribution in [2.24, 2.45) is 0 Å². The van der Waals surface area contributed by atoms with Gasteiger partial charge in [0.15, 0.2) is 23.5 Å². The average molecular weight is 1860 g/mol. The zero-order valence-electron chi connectivity index (χ0n) is 76.9. The van der Waals surface area contributed by atoms with Crippen LogP contribution in [0.4, 0.5) is 13.2 Å². The quantitative estimate of drug-likeness (QED) is 0.0243. The third kappa shape index (κ3) is 21.5. The maximum atomic E-state index is 14.7. The first-order chi connectivity index (χ1) is 65.0. The van der Waals surface area contributed by atoms with E-state index in [4.69, 9.17) is 43.1 Å². The normalized spacial score (nSPS) is 14.1. The third-order valence-electron chi connectivity index (χ3n) is 23.6. The number of carbonyl (C=O) groups is 5. The zero-order chi connectivity index (χ0) is 94.8. The summed E-state index contributed by atoms with van der Waals surface area (Å²) in [6.07, 6.45) is 0.832. The maximum Gasteiger partial charge on any atom is 0.304 e. The van der Waals surface area contributed by atoms with Crippen LogP contribution < -0.4 is 28.4 Å². The van der Waals surface area contributed by atoms with E-state index in [1.165, 1.54) is 58.0 Å². The van der Waals surface area contributed by atoms with Gasteiger partial charge in [0.25, 0.3) is 23.6 Å². The number of carbonyl (C=O) groups excluding carboxylic acids is 5. The van der Waals surface area contributed by atoms with Crippen molar-refractivity contribution >= 4 is 86.5 Å². The summed E-state index contributed by atoms with van der Waals surface area (Å²) in [5.41, 5.74) is 10.2. The fourth-order valence-corrected chi connectivity index (χ4v) is 18.8. The summed E-state index contributed by atoms with van der Waals surface area (Å²) in [6.45, 7) is 23.1. The van der Waals surface area contributed by atoms with Crippen LogP contribution in [-0.4, -0.2) is 108 Å². The molecule has 0 spiro atoms. The SMILES string of the molecule is CC(=O)OC1c2c(c(OC(c3ccccc3)c3ccccc3)c3ncccc3c2OCC[Si](C)(C)C)C(=O)N1Cc1ccc(F)cc1.C[Si](C)(C)CCOc1c2c(c(OC(c3ccccc3)c3ccccc3)c3ncccc13)C(=O)N(Cc1ccc(F)cc1)C2=O.C[Si](C)(C)CCOc1c2c(c(OC(c3ccccc3)c3ccccc3)c3ncccc13)C(=O)N(Cc1ccc(F)cc1)C2O. The molecular formula is C110H105F3N6O13Si3. The van der Waals surface area contributed by atoms with Crippen LogP contribution in [0.25, 0.3) is 32.7 Å². The minimum Gasteiger partial charge on any atom is -0.493 e. The molecule has 4 amide bonds. The Morgan fingerprint density at radius 3 is 0.956 bits per heavy atom. The van der Waals surface area contributed by atoms with Crippen molar-refractivity contribution in [2.75, 3.05) is 19.8 Å². The molecule has 3 aliphatic rings. The number of ether oxygens (including phenoxy) is 7. The smallest absolute Gasteiger partial charge is 0.304 e. The number of hydrogen-bond donors (Lipinski definition) is 1. The van der Waals surface area contributed by atoms with Crippen LogP contribution in [0.1, 0.15) is 140 Å². The van der Waals surface area contributed by atoms with Gasteiger partial charge in [0.05, 0.1) is 54.2 Å². The lowest BCUT2D eigenvalue weighted by Gasteiger charge is -2.26. The highest BCUT2D eigenvalue weighted by molar-refractivity contribution is 6.76. The number of pyridine rings is 3. The number of aliphatic hydroxyl groups is 1. The van der Waals surface area contributed by atoms with Crippen molar-refractivity contribution in [3.05, 3.63) is 411 Å². The number of aliphatic hydroxyl groups excluding tert-OH is 1. The van der Waals surface area contributed by atoms with E-state index in [-0.39, 0.29) is 70.8 Å². The van der Waals surface area contributed by atoms with E-state index in [1.807, 2.05) is 212 Å². The maximum absolute atomic E-state index is 14.7. The molecule has 0 saturated carbocycles. The number of nitrogens with zero attached hydrogens (tertiary/aromatic N) is 6. The summed E-state index contributed by atoms with van der Waals surface area (Å²) in [7, 11) is -4.41. The van der Waals surface area contributed by atoms with Crippen molar-refractivity contribution < 1.29 is 75.4 Å². The highest BCUT2D eigenvalue weighted by atomic mass is 28.3. The van der Waals surface area contributed by atoms with E-state index in [9.17, 15) is 42.3 Å². The molecule has 25 heteroatoms. The summed E-state index contributed by atoms with van der Waals surface area (Å²) >= 11 is 0. The second-order valence-corrected chi connectivity index (χ2v) is 54.1. The molecule has 15 aromatic rings. The Hall–Kier alpha value is -14.4. The van der Waals surface area contributed by atoms with Gasteiger partial charge >= 0.3 is 5.97 Å². The Kier molecular flexibility index (Phi) is 28.5. The van der Waals surface area contributed by atoms with Gasteiger partial charge in [0, 0.05) is 79.0 Å². The zero-order valence-corrected chi connectivity index (χ0v) is 79.9. The van der Waals surface area contributed by atoms with Crippen molar-refractivity contribution in [1.29, 1.82) is 0 Å². The van der Waals surface area contributed by atoms with Gasteiger partial charge in [-0.1, -0.05) is 277 Å². The van der Waals surface area contributed by atoms with Gasteiger partial charge in [-0.05, 0) is 141 Å². The van der Waals surface area contributed by atoms with Gasteiger partial charge in [0.1, 0.15) is 75.1 Å². The summed E-state index contributed by atoms with van der Waals surface area (Å²) in [5.74, 6) is -1.52. The van der Waals surface area contributed by atoms with Gasteiger partial charge < -0.3 is 43.2 Å². The summed E-state index contributed by atoms with van der Waals surface area (Å²) in [6, 6.07) is 89.9. The molecule has 0 fully saturated rings. The van der Waals surface area contributed by atoms with E-state index < -0.39 is 90.4 Å². The van der Waals surface area contributed by atoms with E-state index in [0.717, 1.165) is 51.5 Å². The van der Waals surface area contributed by atoms with Gasteiger partial charge in [-0.2, -0.15) is 0 Å². The van der Waals surface area contributed by atoms with Crippen LogP contribution >= 0.6 is 0 Å². The number of benzene rings is 12. The lowest BCUT2D eigenvalue weighted by Crippen LogP contribution is -2.30. The minimum atomic E-state index is -1.50. The molecule has 3 aromatic heterocycles. The van der Waals surface area contributed by atoms with E-state index in [2.05, 4.69) is 63.9 Å². The molecule has 3 aliphatic heterocycles. The van der Waals surface area contributed by atoms with Crippen LogP contribution in [0.2, 0.25) is 77.1 Å². The lowest BCUT2D eigenvalue weighted by molar-refractivity contribution is -0.154. The van der Waals surface area contributed by atoms with Gasteiger partial charge in [0.2, 0.25) is 6.23 Å². The molecule has 18 rings (SSSR count). The number of esters is 1. The largest absolute Gasteiger partial charge is 0.493 e. The van der Waals surface area contributed by atoms with Gasteiger partial charge in [-0.3, -0.25) is 48.7 Å². The molecule has 0 saturated heterocycles. The van der Waals surface area contributed by atoms with Crippen LogP contribution in [0.3, 0.4) is 0 Å². The fourth-order valence-electron chi connectivity index (χ4n) is 16.7. The van der Waals surface area contributed by atoms with Crippen LogP contribution in [0.5, 0.6) is 34.5 Å². The number of halogens is 3. The lowest BCUT2D eigenvalue weighted by atomic mass is 9.99. The van der Waals surface area contributed by atoms with Crippen LogP contribution in [0, 0.1) is 17.5 Å². The first-order valence-electron chi connectivity index (χ1n) is 45.1. The summed E-state index contributed by atoms with van der Waals surface area (Å²) in [5, 5.41) is 13.7. The number of fused-ring (bicyclic) bond motifs is 6. The number of rotatable bonds is 31. The predicted octanol–water partition coefficient (Wildman–Crippen LogP) is 24.4. The Labute approximate surface area is 786 Å². The second kappa shape index (κ2) is 41.0. The van der Waals surface area contributed by atoms with E-state index >= 15 is 0 Å². The molecule has 2 atom stereocenters. The van der Waals surface area contributed by atoms with Crippen LogP contribution in [-0.2, 0) is 29.2 Å². The van der Waals surface area contributed by atoms with Gasteiger partial charge in [-0.15, -0.1) is 0 Å². The van der Waals surface area contributed by atoms with Crippen LogP contribution in [0.15, 0.2) is 310 Å². The molecule has 6 heterocycles. The first-order valence-corrected chi connectivity index (χ1v) is 56.2. The summed E-state index contributed by atoms with van der Waals surface area (Å²) < 4.78 is 87.1. The van der Waals surface area contributed by atoms with E-state index in [0.29, 0.717) is 97.6 Å². The second-order valence-electron chi connectivity index (χ2n) is 37.2. The topological polar surface area (TPSA) is 219 Å². The van der Waals surface area contributed by atoms with Crippen molar-refractivity contribution in [3.63, 3.8) is 0 Å². The average Bonchev–Trinajstić information content (AvgIpc) is 1.59. The Bertz CT molecular complexity index is 6670. The molecule has 0 radical (unpaired) electrons. The highest BCUT2D eigenvalue weighted by Crippen LogP contribution is 2.54. The number of aromatic nitrogens is 3. The van der Waals surface area contributed by atoms with Crippen molar-refractivity contribution in [1.82, 2.24) is 29.7 Å². The molecule has 12 aromatic carbocycles.